The number of hydrogen-bond acceptors (Lipinski definition) is 8. The molecule has 0 N–H and O–H groups in total. The molecule has 2 atom stereocenters. The van der Waals surface area contributed by atoms with Crippen LogP contribution in [0.4, 0.5) is 9.59 Å². The van der Waals surface area contributed by atoms with Crippen molar-refractivity contribution in [3.8, 4) is 11.5 Å². The molecule has 0 saturated heterocycles. The zero-order valence-corrected chi connectivity index (χ0v) is 17.0. The second-order valence-corrected chi connectivity index (χ2v) is 6.82. The molecule has 1 amide bonds. The largest absolute Gasteiger partial charge is 0.511 e. The first-order valence-corrected chi connectivity index (χ1v) is 9.06. The van der Waals surface area contributed by atoms with Crippen LogP contribution >= 0.6 is 0 Å². The third-order valence-electron chi connectivity index (χ3n) is 4.20. The van der Waals surface area contributed by atoms with Crippen LogP contribution in [-0.4, -0.2) is 75.5 Å². The van der Waals surface area contributed by atoms with E-state index in [0.29, 0.717) is 24.5 Å². The van der Waals surface area contributed by atoms with Crippen molar-refractivity contribution in [3.63, 3.8) is 0 Å². The number of nitrogens with zero attached hydrogens (tertiary/aromatic N) is 2. The van der Waals surface area contributed by atoms with Crippen molar-refractivity contribution in [2.24, 2.45) is 0 Å². The molecule has 1 aliphatic heterocycles. The molecule has 1 heterocycles. The van der Waals surface area contributed by atoms with E-state index in [2.05, 4.69) is 0 Å². The van der Waals surface area contributed by atoms with Crippen molar-refractivity contribution in [2.45, 2.75) is 32.6 Å². The maximum atomic E-state index is 12.3. The monoisotopic (exact) mass is 396 g/mol. The van der Waals surface area contributed by atoms with Crippen LogP contribution in [-0.2, 0) is 20.6 Å². The molecule has 28 heavy (non-hydrogen) atoms. The van der Waals surface area contributed by atoms with Crippen LogP contribution in [0.25, 0.3) is 0 Å². The zero-order chi connectivity index (χ0) is 20.7. The number of likely N-dealkylation sites (N-methyl/N-ethyl adjacent to an activating group) is 2. The third kappa shape index (κ3) is 6.49. The number of carbonyl (C=O) groups is 2. The summed E-state index contributed by atoms with van der Waals surface area (Å²) in [5, 5.41) is 0. The summed E-state index contributed by atoms with van der Waals surface area (Å²) in [4.78, 5) is 27.2. The van der Waals surface area contributed by atoms with Crippen LogP contribution < -0.4 is 9.47 Å². The molecule has 0 aliphatic carbocycles. The molecule has 1 aromatic rings. The summed E-state index contributed by atoms with van der Waals surface area (Å²) in [6.07, 6.45) is -1.93. The lowest BCUT2D eigenvalue weighted by Crippen LogP contribution is -2.39. The van der Waals surface area contributed by atoms with E-state index >= 15 is 0 Å². The molecule has 0 bridgehead atoms. The summed E-state index contributed by atoms with van der Waals surface area (Å²) in [7, 11) is 5.35. The van der Waals surface area contributed by atoms with Gasteiger partial charge in [-0.2, -0.15) is 0 Å². The normalized spacial score (nSPS) is 14.4. The fourth-order valence-corrected chi connectivity index (χ4v) is 2.46. The van der Waals surface area contributed by atoms with Gasteiger partial charge in [0.1, 0.15) is 6.61 Å². The Kier molecular flexibility index (Phi) is 7.74. The number of rotatable bonds is 8. The molecule has 156 valence electrons. The van der Waals surface area contributed by atoms with Gasteiger partial charge >= 0.3 is 12.2 Å². The van der Waals surface area contributed by atoms with E-state index in [0.717, 1.165) is 5.56 Å². The summed E-state index contributed by atoms with van der Waals surface area (Å²) in [5.41, 5.74) is 1.00. The van der Waals surface area contributed by atoms with Gasteiger partial charge < -0.3 is 33.5 Å². The molecule has 0 radical (unpaired) electrons. The van der Waals surface area contributed by atoms with Crippen LogP contribution in [0.5, 0.6) is 11.5 Å². The average molecular weight is 396 g/mol. The predicted molar refractivity (Wildman–Crippen MR) is 100 cm³/mol. The van der Waals surface area contributed by atoms with Gasteiger partial charge in [-0.25, -0.2) is 9.59 Å². The standard InChI is InChI=1S/C19H28N2O7/c1-13(10-15-6-7-16-17(11-15)26-12-25-16)21(5)18(22)27-14(2)28-19(23)24-9-8-20(3)4/h6-7,11,13-14H,8-10,12H2,1-5H3. The number of benzene rings is 1. The number of ether oxygens (including phenoxy) is 5. The van der Waals surface area contributed by atoms with E-state index in [1.165, 1.54) is 11.8 Å². The Morgan fingerprint density at radius 1 is 1.11 bits per heavy atom. The fraction of sp³-hybridized carbons (Fsp3) is 0.579. The summed E-state index contributed by atoms with van der Waals surface area (Å²) in [6.45, 7) is 4.34. The van der Waals surface area contributed by atoms with Gasteiger partial charge in [0.2, 0.25) is 13.1 Å². The minimum Gasteiger partial charge on any atom is -0.454 e. The molecule has 0 saturated carbocycles. The van der Waals surface area contributed by atoms with Gasteiger partial charge in [-0.05, 0) is 45.1 Å². The second kappa shape index (κ2) is 10.0. The van der Waals surface area contributed by atoms with Crippen LogP contribution in [0.2, 0.25) is 0 Å². The fourth-order valence-electron chi connectivity index (χ4n) is 2.46. The van der Waals surface area contributed by atoms with E-state index in [-0.39, 0.29) is 19.4 Å². The van der Waals surface area contributed by atoms with Gasteiger partial charge in [-0.15, -0.1) is 0 Å². The van der Waals surface area contributed by atoms with E-state index in [4.69, 9.17) is 23.7 Å². The minimum absolute atomic E-state index is 0.146. The highest BCUT2D eigenvalue weighted by Gasteiger charge is 2.22. The maximum absolute atomic E-state index is 12.3. The molecule has 2 rings (SSSR count). The quantitative estimate of drug-likeness (QED) is 0.489. The Bertz CT molecular complexity index is 680. The molecule has 1 aliphatic rings. The Hall–Kier alpha value is -2.68. The summed E-state index contributed by atoms with van der Waals surface area (Å²) >= 11 is 0. The van der Waals surface area contributed by atoms with Crippen molar-refractivity contribution in [2.75, 3.05) is 41.1 Å². The molecule has 1 aromatic carbocycles. The molecular formula is C19H28N2O7. The average Bonchev–Trinajstić information content (AvgIpc) is 3.08. The van der Waals surface area contributed by atoms with Crippen molar-refractivity contribution in [1.82, 2.24) is 9.80 Å². The van der Waals surface area contributed by atoms with Crippen LogP contribution in [0.3, 0.4) is 0 Å². The van der Waals surface area contributed by atoms with Crippen molar-refractivity contribution >= 4 is 12.2 Å². The highest BCUT2D eigenvalue weighted by Crippen LogP contribution is 2.32. The first kappa shape index (κ1) is 21.6. The molecule has 0 fully saturated rings. The predicted octanol–water partition coefficient (Wildman–Crippen LogP) is 2.48. The lowest BCUT2D eigenvalue weighted by atomic mass is 10.1. The number of hydrogen-bond donors (Lipinski definition) is 0. The minimum atomic E-state index is -1.06. The first-order chi connectivity index (χ1) is 13.3. The smallest absolute Gasteiger partial charge is 0.454 e. The Balaban J connectivity index is 1.76. The number of fused-ring (bicyclic) bond motifs is 1. The highest BCUT2D eigenvalue weighted by molar-refractivity contribution is 5.68. The lowest BCUT2D eigenvalue weighted by molar-refractivity contribution is -0.0833. The van der Waals surface area contributed by atoms with E-state index in [9.17, 15) is 9.59 Å². The second-order valence-electron chi connectivity index (χ2n) is 6.82. The van der Waals surface area contributed by atoms with Crippen molar-refractivity contribution < 1.29 is 33.3 Å². The summed E-state index contributed by atoms with van der Waals surface area (Å²) in [6, 6.07) is 5.53. The molecule has 9 nitrogen and oxygen atoms in total. The zero-order valence-electron chi connectivity index (χ0n) is 17.0. The van der Waals surface area contributed by atoms with Crippen LogP contribution in [0, 0.1) is 0 Å². The topological polar surface area (TPSA) is 86.8 Å². The Morgan fingerprint density at radius 3 is 2.54 bits per heavy atom. The van der Waals surface area contributed by atoms with Gasteiger partial charge in [0, 0.05) is 26.6 Å². The number of amides is 1. The Labute approximate surface area is 165 Å². The van der Waals surface area contributed by atoms with Gasteiger partial charge in [0.05, 0.1) is 0 Å². The van der Waals surface area contributed by atoms with Gasteiger partial charge in [-0.1, -0.05) is 6.07 Å². The van der Waals surface area contributed by atoms with E-state index in [1.54, 1.807) is 7.05 Å². The summed E-state index contributed by atoms with van der Waals surface area (Å²) in [5.74, 6) is 1.41. The van der Waals surface area contributed by atoms with Crippen LogP contribution in [0.1, 0.15) is 19.4 Å². The molecule has 9 heteroatoms. The van der Waals surface area contributed by atoms with Crippen molar-refractivity contribution in [3.05, 3.63) is 23.8 Å². The third-order valence-corrected chi connectivity index (χ3v) is 4.20. The van der Waals surface area contributed by atoms with Crippen molar-refractivity contribution in [1.29, 1.82) is 0 Å². The van der Waals surface area contributed by atoms with Crippen LogP contribution in [0.15, 0.2) is 18.2 Å². The highest BCUT2D eigenvalue weighted by atomic mass is 16.8. The molecular weight excluding hydrogens is 368 g/mol. The molecule has 0 spiro atoms. The SMILES string of the molecule is CC(OC(=O)OCCN(C)C)OC(=O)N(C)C(C)Cc1ccc2c(c1)OCO2. The van der Waals surface area contributed by atoms with E-state index in [1.807, 2.05) is 44.1 Å². The molecule has 2 unspecified atom stereocenters. The lowest BCUT2D eigenvalue weighted by Gasteiger charge is -2.26. The Morgan fingerprint density at radius 2 is 1.82 bits per heavy atom. The summed E-state index contributed by atoms with van der Waals surface area (Å²) < 4.78 is 25.6. The maximum Gasteiger partial charge on any atom is 0.511 e. The van der Waals surface area contributed by atoms with Gasteiger partial charge in [-0.3, -0.25) is 0 Å². The van der Waals surface area contributed by atoms with Gasteiger partial charge in [0.25, 0.3) is 0 Å². The first-order valence-electron chi connectivity index (χ1n) is 9.06. The van der Waals surface area contributed by atoms with E-state index < -0.39 is 18.5 Å². The van der Waals surface area contributed by atoms with Gasteiger partial charge in [0.15, 0.2) is 11.5 Å². The number of carbonyl (C=O) groups excluding carboxylic acids is 2. The molecule has 0 aromatic heterocycles.